The number of amides is 1. The Bertz CT molecular complexity index is 1010. The Kier molecular flexibility index (Phi) is 6.53. The van der Waals surface area contributed by atoms with Crippen LogP contribution in [0.4, 0.5) is 24.5 Å². The number of likely N-dealkylation sites (N-methyl/N-ethyl adjacent to an activating group) is 1. The number of hydrogen-bond acceptors (Lipinski definition) is 4. The fraction of sp³-hybridized carbons (Fsp3) is 0.375. The highest BCUT2D eigenvalue weighted by Crippen LogP contribution is 2.38. The molecule has 8 heteroatoms. The third-order valence-electron chi connectivity index (χ3n) is 6.00. The quantitative estimate of drug-likeness (QED) is 0.604. The molecule has 2 heterocycles. The van der Waals surface area contributed by atoms with Crippen LogP contribution in [0.25, 0.3) is 5.57 Å². The van der Waals surface area contributed by atoms with Crippen molar-refractivity contribution in [3.05, 3.63) is 64.6 Å². The number of anilines is 2. The molecule has 0 aliphatic carbocycles. The number of para-hydroxylation sites is 1. The summed E-state index contributed by atoms with van der Waals surface area (Å²) >= 11 is 1.52. The van der Waals surface area contributed by atoms with Gasteiger partial charge in [-0.3, -0.25) is 4.79 Å². The molecule has 2 saturated heterocycles. The lowest BCUT2D eigenvalue weighted by Crippen LogP contribution is -2.44. The van der Waals surface area contributed by atoms with Crippen LogP contribution in [0.3, 0.4) is 0 Å². The van der Waals surface area contributed by atoms with Crippen molar-refractivity contribution < 1.29 is 18.0 Å². The van der Waals surface area contributed by atoms with Gasteiger partial charge in [0.1, 0.15) is 0 Å². The molecule has 2 aliphatic rings. The minimum atomic E-state index is -4.39. The molecule has 170 valence electrons. The van der Waals surface area contributed by atoms with Gasteiger partial charge in [0.15, 0.2) is 0 Å². The first-order valence-corrected chi connectivity index (χ1v) is 11.6. The Labute approximate surface area is 190 Å². The molecule has 0 unspecified atom stereocenters. The maximum absolute atomic E-state index is 13.4. The van der Waals surface area contributed by atoms with E-state index in [0.29, 0.717) is 22.9 Å². The first-order valence-electron chi connectivity index (χ1n) is 10.6. The van der Waals surface area contributed by atoms with Gasteiger partial charge < -0.3 is 14.7 Å². The van der Waals surface area contributed by atoms with E-state index in [4.69, 9.17) is 0 Å². The van der Waals surface area contributed by atoms with E-state index in [-0.39, 0.29) is 5.91 Å². The van der Waals surface area contributed by atoms with Crippen molar-refractivity contribution >= 4 is 34.6 Å². The maximum atomic E-state index is 13.4. The fourth-order valence-corrected chi connectivity index (χ4v) is 5.14. The number of carbonyl (C=O) groups is 1. The van der Waals surface area contributed by atoms with Crippen LogP contribution in [0, 0.1) is 0 Å². The van der Waals surface area contributed by atoms with Gasteiger partial charge in [-0.1, -0.05) is 18.2 Å². The minimum Gasteiger partial charge on any atom is -0.368 e. The van der Waals surface area contributed by atoms with E-state index in [1.165, 1.54) is 23.9 Å². The molecule has 0 bridgehead atoms. The van der Waals surface area contributed by atoms with Gasteiger partial charge in [-0.2, -0.15) is 13.2 Å². The van der Waals surface area contributed by atoms with Crippen LogP contribution in [0.2, 0.25) is 0 Å². The number of hydrogen-bond donors (Lipinski definition) is 0. The lowest BCUT2D eigenvalue weighted by Gasteiger charge is -2.35. The number of carbonyl (C=O) groups excluding carboxylic acids is 1. The topological polar surface area (TPSA) is 26.8 Å². The highest BCUT2D eigenvalue weighted by molar-refractivity contribution is 8.04. The zero-order valence-electron chi connectivity index (χ0n) is 18.2. The molecule has 2 aromatic carbocycles. The number of benzene rings is 2. The lowest BCUT2D eigenvalue weighted by atomic mass is 10.0. The van der Waals surface area contributed by atoms with Gasteiger partial charge in [-0.25, -0.2) is 0 Å². The molecule has 0 radical (unpaired) electrons. The van der Waals surface area contributed by atoms with Crippen molar-refractivity contribution in [3.63, 3.8) is 0 Å². The van der Waals surface area contributed by atoms with E-state index in [9.17, 15) is 18.0 Å². The Morgan fingerprint density at radius 2 is 1.59 bits per heavy atom. The molecule has 1 amide bonds. The minimum absolute atomic E-state index is 0.160. The zero-order chi connectivity index (χ0) is 22.9. The number of rotatable bonds is 3. The summed E-state index contributed by atoms with van der Waals surface area (Å²) < 4.78 is 38.7. The van der Waals surface area contributed by atoms with Gasteiger partial charge in [-0.15, -0.1) is 11.8 Å². The lowest BCUT2D eigenvalue weighted by molar-refractivity contribution is -0.137. The van der Waals surface area contributed by atoms with Gasteiger partial charge in [-0.05, 0) is 49.9 Å². The van der Waals surface area contributed by atoms with Crippen molar-refractivity contribution in [1.29, 1.82) is 0 Å². The maximum Gasteiger partial charge on any atom is 0.416 e. The summed E-state index contributed by atoms with van der Waals surface area (Å²) in [6.45, 7) is 6.25. The number of allylic oxidation sites excluding steroid dienone is 1. The van der Waals surface area contributed by atoms with E-state index in [1.54, 1.807) is 4.90 Å². The van der Waals surface area contributed by atoms with Crippen LogP contribution in [-0.2, 0) is 11.0 Å². The second-order valence-electron chi connectivity index (χ2n) is 8.11. The largest absolute Gasteiger partial charge is 0.416 e. The van der Waals surface area contributed by atoms with E-state index in [1.807, 2.05) is 25.1 Å². The third kappa shape index (κ3) is 4.66. The second-order valence-corrected chi connectivity index (χ2v) is 9.22. The van der Waals surface area contributed by atoms with Crippen molar-refractivity contribution in [3.8, 4) is 0 Å². The molecule has 32 heavy (non-hydrogen) atoms. The zero-order valence-corrected chi connectivity index (χ0v) is 19.0. The normalized spacial score (nSPS) is 20.0. The molecule has 4 rings (SSSR count). The van der Waals surface area contributed by atoms with E-state index in [0.717, 1.165) is 55.1 Å². The van der Waals surface area contributed by atoms with Crippen LogP contribution in [0.15, 0.2) is 53.4 Å². The standard InChI is InChI=1S/C24H26F3N3OS/c1-17(20-5-3-4-6-21(20)29-13-11-28(2)12-14-29)22-23(31)30(15-16-32-22)19-9-7-18(8-10-19)24(25,26)27/h3-10H,11-16H2,1-2H3. The molecule has 0 saturated carbocycles. The van der Waals surface area contributed by atoms with E-state index >= 15 is 0 Å². The monoisotopic (exact) mass is 461 g/mol. The highest BCUT2D eigenvalue weighted by Gasteiger charge is 2.32. The Morgan fingerprint density at radius 3 is 2.25 bits per heavy atom. The Balaban J connectivity index is 1.63. The van der Waals surface area contributed by atoms with E-state index < -0.39 is 11.7 Å². The number of piperazine rings is 1. The average Bonchev–Trinajstić information content (AvgIpc) is 2.79. The first kappa shape index (κ1) is 22.7. The van der Waals surface area contributed by atoms with Crippen LogP contribution in [-0.4, -0.2) is 56.3 Å². The number of thioether (sulfide) groups is 1. The third-order valence-corrected chi connectivity index (χ3v) is 7.16. The summed E-state index contributed by atoms with van der Waals surface area (Å²) in [4.78, 5) is 20.2. The SMILES string of the molecule is CC(=C1SCCN(c2ccc(C(F)(F)F)cc2)C1=O)c1ccccc1N1CCN(C)CC1. The van der Waals surface area contributed by atoms with Crippen LogP contribution < -0.4 is 9.80 Å². The summed E-state index contributed by atoms with van der Waals surface area (Å²) in [5, 5.41) is 0. The summed E-state index contributed by atoms with van der Waals surface area (Å²) in [7, 11) is 2.11. The molecule has 2 fully saturated rings. The Hall–Kier alpha value is -2.45. The summed E-state index contributed by atoms with van der Waals surface area (Å²) in [5.74, 6) is 0.530. The summed E-state index contributed by atoms with van der Waals surface area (Å²) in [6, 6.07) is 12.9. The number of alkyl halides is 3. The molecule has 0 spiro atoms. The predicted octanol–water partition coefficient (Wildman–Crippen LogP) is 4.97. The molecule has 0 N–H and O–H groups in total. The highest BCUT2D eigenvalue weighted by atomic mass is 32.2. The van der Waals surface area contributed by atoms with E-state index in [2.05, 4.69) is 22.9 Å². The van der Waals surface area contributed by atoms with Crippen molar-refractivity contribution in [2.24, 2.45) is 0 Å². The first-order chi connectivity index (χ1) is 15.3. The summed E-state index contributed by atoms with van der Waals surface area (Å²) in [6.07, 6.45) is -4.39. The molecule has 0 atom stereocenters. The number of nitrogens with zero attached hydrogens (tertiary/aromatic N) is 3. The van der Waals surface area contributed by atoms with Crippen molar-refractivity contribution in [2.45, 2.75) is 13.1 Å². The summed E-state index contributed by atoms with van der Waals surface area (Å²) in [5.41, 5.74) is 2.83. The molecular formula is C24H26F3N3OS. The van der Waals surface area contributed by atoms with Gasteiger partial charge >= 0.3 is 6.18 Å². The molecule has 0 aromatic heterocycles. The van der Waals surface area contributed by atoms with Crippen LogP contribution in [0.5, 0.6) is 0 Å². The molecule has 2 aliphatic heterocycles. The van der Waals surface area contributed by atoms with Gasteiger partial charge in [0.2, 0.25) is 0 Å². The average molecular weight is 462 g/mol. The van der Waals surface area contributed by atoms with Crippen molar-refractivity contribution in [2.75, 3.05) is 55.3 Å². The van der Waals surface area contributed by atoms with Gasteiger partial charge in [0.25, 0.3) is 5.91 Å². The Morgan fingerprint density at radius 1 is 0.938 bits per heavy atom. The predicted molar refractivity (Wildman–Crippen MR) is 125 cm³/mol. The number of halogens is 3. The second kappa shape index (κ2) is 9.19. The van der Waals surface area contributed by atoms with Crippen LogP contribution >= 0.6 is 11.8 Å². The molecule has 2 aromatic rings. The molecule has 4 nitrogen and oxygen atoms in total. The van der Waals surface area contributed by atoms with Crippen LogP contribution in [0.1, 0.15) is 18.1 Å². The van der Waals surface area contributed by atoms with Gasteiger partial charge in [0, 0.05) is 55.4 Å². The molecular weight excluding hydrogens is 435 g/mol. The van der Waals surface area contributed by atoms with Crippen molar-refractivity contribution in [1.82, 2.24) is 4.90 Å². The fourth-order valence-electron chi connectivity index (χ4n) is 4.11. The smallest absolute Gasteiger partial charge is 0.368 e. The van der Waals surface area contributed by atoms with Gasteiger partial charge in [0.05, 0.1) is 10.5 Å².